The van der Waals surface area contributed by atoms with Gasteiger partial charge in [-0.3, -0.25) is 0 Å². The van der Waals surface area contributed by atoms with Gasteiger partial charge in [-0.05, 0) is 38.1 Å². The molecule has 2 fully saturated rings. The lowest BCUT2D eigenvalue weighted by Crippen LogP contribution is -2.45. The molecule has 2 nitrogen and oxygen atoms in total. The molecule has 0 amide bonds. The molecule has 0 aromatic rings. The van der Waals surface area contributed by atoms with E-state index in [2.05, 4.69) is 4.90 Å². The van der Waals surface area contributed by atoms with Crippen LogP contribution in [0.25, 0.3) is 0 Å². The molecule has 13 heavy (non-hydrogen) atoms. The van der Waals surface area contributed by atoms with Crippen LogP contribution in [-0.4, -0.2) is 30.6 Å². The third-order valence-electron chi connectivity index (χ3n) is 3.28. The molecule has 1 heterocycles. The van der Waals surface area contributed by atoms with Crippen LogP contribution in [-0.2, 0) is 0 Å². The van der Waals surface area contributed by atoms with E-state index < -0.39 is 0 Å². The average Bonchev–Trinajstić information content (AvgIpc) is 1.97. The van der Waals surface area contributed by atoms with Crippen LogP contribution in [0, 0.1) is 5.92 Å². The second-order valence-electron chi connectivity index (χ2n) is 4.46. The van der Waals surface area contributed by atoms with E-state index in [1.807, 2.05) is 0 Å². The van der Waals surface area contributed by atoms with Crippen molar-refractivity contribution in [1.82, 2.24) is 4.90 Å². The van der Waals surface area contributed by atoms with Gasteiger partial charge < -0.3 is 10.6 Å². The number of nitrogens with zero attached hydrogens (tertiary/aromatic N) is 1. The minimum absolute atomic E-state index is 0. The smallest absolute Gasteiger partial charge is 0.0168 e. The van der Waals surface area contributed by atoms with Gasteiger partial charge in [-0.1, -0.05) is 6.42 Å². The van der Waals surface area contributed by atoms with Crippen LogP contribution in [0.3, 0.4) is 0 Å². The van der Waals surface area contributed by atoms with Gasteiger partial charge in [0.25, 0.3) is 0 Å². The van der Waals surface area contributed by atoms with E-state index in [0.29, 0.717) is 6.04 Å². The van der Waals surface area contributed by atoms with Crippen LogP contribution >= 0.6 is 12.4 Å². The van der Waals surface area contributed by atoms with Crippen molar-refractivity contribution in [2.75, 3.05) is 19.6 Å². The lowest BCUT2D eigenvalue weighted by atomic mass is 9.84. The first kappa shape index (κ1) is 11.3. The Bertz CT molecular complexity index is 148. The largest absolute Gasteiger partial charge is 0.327 e. The van der Waals surface area contributed by atoms with Crippen LogP contribution in [0.15, 0.2) is 0 Å². The van der Waals surface area contributed by atoms with Gasteiger partial charge in [0, 0.05) is 19.1 Å². The molecule has 1 aliphatic carbocycles. The van der Waals surface area contributed by atoms with Gasteiger partial charge in [0.2, 0.25) is 0 Å². The van der Waals surface area contributed by atoms with Crippen molar-refractivity contribution >= 4 is 12.4 Å². The lowest BCUT2D eigenvalue weighted by molar-refractivity contribution is 0.145. The third-order valence-corrected chi connectivity index (χ3v) is 3.28. The van der Waals surface area contributed by atoms with Crippen LogP contribution in [0.4, 0.5) is 0 Å². The molecule has 2 N–H and O–H groups in total. The molecule has 0 bridgehead atoms. The summed E-state index contributed by atoms with van der Waals surface area (Å²) in [6.07, 6.45) is 6.94. The van der Waals surface area contributed by atoms with Crippen LogP contribution < -0.4 is 5.73 Å². The highest BCUT2D eigenvalue weighted by Crippen LogP contribution is 2.27. The number of nitrogens with two attached hydrogens (primary N) is 1. The Hall–Kier alpha value is 0.210. The van der Waals surface area contributed by atoms with Crippen molar-refractivity contribution in [1.29, 1.82) is 0 Å². The Morgan fingerprint density at radius 2 is 1.92 bits per heavy atom. The Morgan fingerprint density at radius 3 is 2.46 bits per heavy atom. The highest BCUT2D eigenvalue weighted by Gasteiger charge is 2.23. The molecule has 78 valence electrons. The summed E-state index contributed by atoms with van der Waals surface area (Å²) in [5.41, 5.74) is 5.92. The molecule has 1 aliphatic heterocycles. The Labute approximate surface area is 87.3 Å². The first-order chi connectivity index (χ1) is 5.84. The zero-order valence-corrected chi connectivity index (χ0v) is 9.06. The van der Waals surface area contributed by atoms with Gasteiger partial charge in [0.05, 0.1) is 0 Å². The Morgan fingerprint density at radius 1 is 1.15 bits per heavy atom. The van der Waals surface area contributed by atoms with E-state index in [1.54, 1.807) is 0 Å². The summed E-state index contributed by atoms with van der Waals surface area (Å²) in [6, 6.07) is 0.457. The molecule has 0 spiro atoms. The third kappa shape index (κ3) is 3.12. The average molecular weight is 205 g/mol. The minimum atomic E-state index is 0. The van der Waals surface area contributed by atoms with Crippen LogP contribution in [0.1, 0.15) is 32.1 Å². The number of hydrogen-bond donors (Lipinski definition) is 1. The minimum Gasteiger partial charge on any atom is -0.327 e. The van der Waals surface area contributed by atoms with Gasteiger partial charge in [-0.15, -0.1) is 12.4 Å². The molecular weight excluding hydrogens is 184 g/mol. The topological polar surface area (TPSA) is 29.3 Å². The van der Waals surface area contributed by atoms with Gasteiger partial charge >= 0.3 is 0 Å². The fourth-order valence-electron chi connectivity index (χ4n) is 2.30. The zero-order valence-electron chi connectivity index (χ0n) is 8.24. The maximum Gasteiger partial charge on any atom is 0.0168 e. The number of rotatable bonds is 2. The molecular formula is C10H21ClN2. The molecule has 0 unspecified atom stereocenters. The van der Waals surface area contributed by atoms with Gasteiger partial charge in [-0.2, -0.15) is 0 Å². The summed E-state index contributed by atoms with van der Waals surface area (Å²) in [5, 5.41) is 0. The normalized spacial score (nSPS) is 30.7. The lowest BCUT2D eigenvalue weighted by Gasteiger charge is -2.36. The molecule has 3 heteroatoms. The Kier molecular flexibility index (Phi) is 4.50. The molecule has 0 aromatic carbocycles. The predicted octanol–water partition coefficient (Wildman–Crippen LogP) is 1.63. The van der Waals surface area contributed by atoms with Crippen LogP contribution in [0.2, 0.25) is 0 Å². The summed E-state index contributed by atoms with van der Waals surface area (Å²) in [5.74, 6) is 1.01. The van der Waals surface area contributed by atoms with E-state index >= 15 is 0 Å². The summed E-state index contributed by atoms with van der Waals surface area (Å²) in [4.78, 5) is 2.57. The zero-order chi connectivity index (χ0) is 8.39. The van der Waals surface area contributed by atoms with Gasteiger partial charge in [0.1, 0.15) is 0 Å². The first-order valence-corrected chi connectivity index (χ1v) is 5.32. The van der Waals surface area contributed by atoms with Crippen molar-refractivity contribution in [3.05, 3.63) is 0 Å². The van der Waals surface area contributed by atoms with Crippen molar-refractivity contribution in [2.24, 2.45) is 11.7 Å². The van der Waals surface area contributed by atoms with Crippen molar-refractivity contribution < 1.29 is 0 Å². The van der Waals surface area contributed by atoms with Crippen molar-refractivity contribution in [3.63, 3.8) is 0 Å². The SMILES string of the molecule is Cl.N[C@@H]1CCCN(CC2CCC2)C1. The fourth-order valence-corrected chi connectivity index (χ4v) is 2.30. The quantitative estimate of drug-likeness (QED) is 0.741. The maximum atomic E-state index is 5.92. The van der Waals surface area contributed by atoms with Gasteiger partial charge in [-0.25, -0.2) is 0 Å². The fraction of sp³-hybridized carbons (Fsp3) is 1.00. The number of piperidine rings is 1. The van der Waals surface area contributed by atoms with E-state index in [0.717, 1.165) is 12.5 Å². The maximum absolute atomic E-state index is 5.92. The standard InChI is InChI=1S/C10H20N2.ClH/c11-10-5-2-6-12(8-10)7-9-3-1-4-9;/h9-10H,1-8,11H2;1H/t10-;/m1./s1. The molecule has 1 saturated carbocycles. The van der Waals surface area contributed by atoms with E-state index in [1.165, 1.54) is 45.2 Å². The van der Waals surface area contributed by atoms with E-state index in [-0.39, 0.29) is 12.4 Å². The summed E-state index contributed by atoms with van der Waals surface area (Å²) in [7, 11) is 0. The van der Waals surface area contributed by atoms with Crippen molar-refractivity contribution in [2.45, 2.75) is 38.1 Å². The second-order valence-corrected chi connectivity index (χ2v) is 4.46. The molecule has 2 rings (SSSR count). The van der Waals surface area contributed by atoms with E-state index in [4.69, 9.17) is 5.73 Å². The number of likely N-dealkylation sites (tertiary alicyclic amines) is 1. The number of halogens is 1. The molecule has 1 saturated heterocycles. The van der Waals surface area contributed by atoms with Gasteiger partial charge in [0.15, 0.2) is 0 Å². The highest BCUT2D eigenvalue weighted by atomic mass is 35.5. The summed E-state index contributed by atoms with van der Waals surface area (Å²) < 4.78 is 0. The summed E-state index contributed by atoms with van der Waals surface area (Å²) in [6.45, 7) is 3.77. The highest BCUT2D eigenvalue weighted by molar-refractivity contribution is 5.85. The Balaban J connectivity index is 0.000000845. The van der Waals surface area contributed by atoms with Crippen molar-refractivity contribution in [3.8, 4) is 0 Å². The summed E-state index contributed by atoms with van der Waals surface area (Å²) >= 11 is 0. The molecule has 2 aliphatic rings. The monoisotopic (exact) mass is 204 g/mol. The predicted molar refractivity (Wildman–Crippen MR) is 58.2 cm³/mol. The molecule has 0 aromatic heterocycles. The van der Waals surface area contributed by atoms with E-state index in [9.17, 15) is 0 Å². The first-order valence-electron chi connectivity index (χ1n) is 5.32. The van der Waals surface area contributed by atoms with Crippen LogP contribution in [0.5, 0.6) is 0 Å². The number of hydrogen-bond acceptors (Lipinski definition) is 2. The second kappa shape index (κ2) is 5.18. The molecule has 1 atom stereocenters. The molecule has 0 radical (unpaired) electrons.